The van der Waals surface area contributed by atoms with E-state index in [-0.39, 0.29) is 18.5 Å². The lowest BCUT2D eigenvalue weighted by molar-refractivity contribution is -0.385. The summed E-state index contributed by atoms with van der Waals surface area (Å²) in [6.07, 6.45) is 0.842. The van der Waals surface area contributed by atoms with E-state index in [1.807, 2.05) is 6.92 Å². The Hall–Kier alpha value is -4.55. The van der Waals surface area contributed by atoms with Gasteiger partial charge in [-0.15, -0.1) is 0 Å². The molecule has 1 saturated heterocycles. The topological polar surface area (TPSA) is 168 Å². The molecule has 2 atom stereocenters. The number of aromatic carboxylic acids is 1. The van der Waals surface area contributed by atoms with Crippen molar-refractivity contribution in [1.29, 1.82) is 0 Å². The van der Waals surface area contributed by atoms with Crippen LogP contribution in [0.25, 0.3) is 0 Å². The number of rotatable bonds is 9. The van der Waals surface area contributed by atoms with E-state index < -0.39 is 64.3 Å². The van der Waals surface area contributed by atoms with Gasteiger partial charge in [0.25, 0.3) is 5.69 Å². The summed E-state index contributed by atoms with van der Waals surface area (Å²) < 4.78 is 19.1. The number of carboxylic acid groups (broad SMARTS) is 1. The number of carbonyl (C=O) groups excluding carboxylic acids is 3. The minimum atomic E-state index is -1.47. The second kappa shape index (κ2) is 12.1. The first-order chi connectivity index (χ1) is 18.0. The minimum Gasteiger partial charge on any atom is -0.496 e. The Kier molecular flexibility index (Phi) is 8.94. The van der Waals surface area contributed by atoms with Gasteiger partial charge in [0, 0.05) is 12.6 Å². The number of amides is 4. The van der Waals surface area contributed by atoms with Gasteiger partial charge in [0.05, 0.1) is 24.0 Å². The van der Waals surface area contributed by atoms with Gasteiger partial charge in [-0.1, -0.05) is 19.4 Å². The third kappa shape index (κ3) is 6.41. The molecule has 202 valence electrons. The number of hydrogen-bond donors (Lipinski definition) is 3. The summed E-state index contributed by atoms with van der Waals surface area (Å²) in [6, 6.07) is 5.64. The second-order valence-electron chi connectivity index (χ2n) is 8.72. The molecule has 0 bridgehead atoms. The number of nitro benzene ring substituents is 1. The summed E-state index contributed by atoms with van der Waals surface area (Å²) in [6.45, 7) is 1.17. The van der Waals surface area contributed by atoms with Crippen molar-refractivity contribution >= 4 is 29.5 Å². The Morgan fingerprint density at radius 2 is 2.03 bits per heavy atom. The minimum absolute atomic E-state index is 0.00887. The lowest BCUT2D eigenvalue weighted by Gasteiger charge is -2.26. The van der Waals surface area contributed by atoms with Crippen molar-refractivity contribution in [1.82, 2.24) is 15.5 Å². The van der Waals surface area contributed by atoms with Crippen LogP contribution >= 0.6 is 0 Å². The number of benzene rings is 2. The highest BCUT2D eigenvalue weighted by atomic mass is 19.1. The molecule has 2 aromatic carbocycles. The van der Waals surface area contributed by atoms with Crippen LogP contribution in [-0.2, 0) is 16.0 Å². The number of nitrogens with one attached hydrogen (secondary N) is 2. The zero-order chi connectivity index (χ0) is 28.0. The van der Waals surface area contributed by atoms with Crippen LogP contribution in [0.1, 0.15) is 47.3 Å². The molecule has 2 aromatic rings. The van der Waals surface area contributed by atoms with Crippen LogP contribution in [0.5, 0.6) is 5.75 Å². The molecule has 1 aliphatic heterocycles. The van der Waals surface area contributed by atoms with Crippen molar-refractivity contribution in [3.63, 3.8) is 0 Å². The molecule has 0 aliphatic carbocycles. The van der Waals surface area contributed by atoms with Crippen molar-refractivity contribution in [2.75, 3.05) is 20.2 Å². The number of carboxylic acids is 1. The highest BCUT2D eigenvalue weighted by Gasteiger charge is 2.35. The SMILES string of the molecule is CCC[C@@H](NC(=O)N1CC(=O)NC[C@H](Cc2cc(F)ccc2OC)C1=O)c1ccc(C(=O)O)c([N+](=O)[O-])c1. The van der Waals surface area contributed by atoms with E-state index >= 15 is 0 Å². The van der Waals surface area contributed by atoms with Crippen LogP contribution in [0.15, 0.2) is 36.4 Å². The van der Waals surface area contributed by atoms with Crippen LogP contribution in [-0.4, -0.2) is 58.9 Å². The highest BCUT2D eigenvalue weighted by Crippen LogP contribution is 2.28. The van der Waals surface area contributed by atoms with Crippen molar-refractivity contribution in [2.24, 2.45) is 5.92 Å². The number of nitro groups is 1. The van der Waals surface area contributed by atoms with E-state index in [0.29, 0.717) is 24.2 Å². The Morgan fingerprint density at radius 1 is 1.29 bits per heavy atom. The predicted octanol–water partition coefficient (Wildman–Crippen LogP) is 2.81. The van der Waals surface area contributed by atoms with Gasteiger partial charge in [-0.3, -0.25) is 24.6 Å². The van der Waals surface area contributed by atoms with Crippen molar-refractivity contribution in [3.05, 3.63) is 69.0 Å². The lowest BCUT2D eigenvalue weighted by atomic mass is 9.97. The number of hydrogen-bond acceptors (Lipinski definition) is 7. The molecule has 38 heavy (non-hydrogen) atoms. The monoisotopic (exact) mass is 530 g/mol. The maximum Gasteiger partial charge on any atom is 0.342 e. The van der Waals surface area contributed by atoms with Gasteiger partial charge in [-0.2, -0.15) is 0 Å². The zero-order valence-corrected chi connectivity index (χ0v) is 20.7. The van der Waals surface area contributed by atoms with E-state index in [2.05, 4.69) is 10.6 Å². The maximum absolute atomic E-state index is 13.8. The summed E-state index contributed by atoms with van der Waals surface area (Å²) in [7, 11) is 1.40. The molecule has 0 saturated carbocycles. The standard InChI is InChI=1S/C25H27FN4O8/c1-3-4-19(14-5-7-18(24(33)34)20(11-14)30(36)37)28-25(35)29-13-22(31)27-12-16(23(29)32)9-15-10-17(26)6-8-21(15)38-2/h5-8,10-11,16,19H,3-4,9,12-13H2,1-2H3,(H,27,31)(H,28,35)(H,33,34)/t16-,19+/m0/s1. The predicted molar refractivity (Wildman–Crippen MR) is 131 cm³/mol. The molecule has 0 radical (unpaired) electrons. The summed E-state index contributed by atoms with van der Waals surface area (Å²) >= 11 is 0. The summed E-state index contributed by atoms with van der Waals surface area (Å²) in [4.78, 5) is 61.6. The molecular formula is C25H27FN4O8. The van der Waals surface area contributed by atoms with E-state index in [0.717, 1.165) is 17.0 Å². The van der Waals surface area contributed by atoms with Crippen LogP contribution in [0.3, 0.4) is 0 Å². The van der Waals surface area contributed by atoms with Crippen molar-refractivity contribution in [2.45, 2.75) is 32.2 Å². The number of methoxy groups -OCH3 is 1. The molecule has 0 unspecified atom stereocenters. The van der Waals surface area contributed by atoms with Gasteiger partial charge in [-0.05, 0) is 48.2 Å². The molecule has 1 fully saturated rings. The van der Waals surface area contributed by atoms with Gasteiger partial charge in [0.2, 0.25) is 11.8 Å². The molecule has 1 heterocycles. The first kappa shape index (κ1) is 28.0. The number of halogens is 1. The normalized spacial score (nSPS) is 16.3. The average molecular weight is 531 g/mol. The molecule has 3 N–H and O–H groups in total. The van der Waals surface area contributed by atoms with E-state index in [1.165, 1.54) is 31.4 Å². The van der Waals surface area contributed by atoms with Crippen LogP contribution in [0, 0.1) is 21.8 Å². The Morgan fingerprint density at radius 3 is 2.66 bits per heavy atom. The fraction of sp³-hybridized carbons (Fsp3) is 0.360. The number of urea groups is 1. The van der Waals surface area contributed by atoms with Gasteiger partial charge in [-0.25, -0.2) is 14.0 Å². The maximum atomic E-state index is 13.8. The third-order valence-corrected chi connectivity index (χ3v) is 6.14. The quantitative estimate of drug-likeness (QED) is 0.328. The number of imide groups is 1. The second-order valence-corrected chi connectivity index (χ2v) is 8.72. The molecule has 12 nitrogen and oxygen atoms in total. The molecule has 1 aliphatic rings. The Labute approximate surface area is 216 Å². The summed E-state index contributed by atoms with van der Waals surface area (Å²) in [5.74, 6) is -3.80. The number of ether oxygens (including phenoxy) is 1. The van der Waals surface area contributed by atoms with Gasteiger partial charge in [0.1, 0.15) is 23.7 Å². The Bertz CT molecular complexity index is 1270. The fourth-order valence-corrected chi connectivity index (χ4v) is 4.26. The zero-order valence-electron chi connectivity index (χ0n) is 20.7. The lowest BCUT2D eigenvalue weighted by Crippen LogP contribution is -2.48. The first-order valence-corrected chi connectivity index (χ1v) is 11.8. The van der Waals surface area contributed by atoms with E-state index in [9.17, 15) is 38.8 Å². The molecular weight excluding hydrogens is 503 g/mol. The van der Waals surface area contributed by atoms with Gasteiger partial charge < -0.3 is 20.5 Å². The fourth-order valence-electron chi connectivity index (χ4n) is 4.26. The number of carbonyl (C=O) groups is 4. The van der Waals surface area contributed by atoms with Crippen molar-refractivity contribution < 1.29 is 38.3 Å². The van der Waals surface area contributed by atoms with Gasteiger partial charge in [0.15, 0.2) is 0 Å². The molecule has 3 rings (SSSR count). The Balaban J connectivity index is 1.87. The summed E-state index contributed by atoms with van der Waals surface area (Å²) in [5.41, 5.74) is -0.489. The van der Waals surface area contributed by atoms with E-state index in [1.54, 1.807) is 0 Å². The highest BCUT2D eigenvalue weighted by molar-refractivity contribution is 6.01. The van der Waals surface area contributed by atoms with Crippen LogP contribution < -0.4 is 15.4 Å². The van der Waals surface area contributed by atoms with Crippen molar-refractivity contribution in [3.8, 4) is 5.75 Å². The first-order valence-electron chi connectivity index (χ1n) is 11.8. The molecule has 4 amide bonds. The van der Waals surface area contributed by atoms with E-state index in [4.69, 9.17) is 4.74 Å². The molecule has 0 aromatic heterocycles. The largest absolute Gasteiger partial charge is 0.496 e. The van der Waals surface area contributed by atoms with Crippen LogP contribution in [0.2, 0.25) is 0 Å². The molecule has 0 spiro atoms. The smallest absolute Gasteiger partial charge is 0.342 e. The van der Waals surface area contributed by atoms with Crippen LogP contribution in [0.4, 0.5) is 14.9 Å². The molecule has 13 heteroatoms. The number of nitrogens with zero attached hydrogens (tertiary/aromatic N) is 2. The summed E-state index contributed by atoms with van der Waals surface area (Å²) in [5, 5.41) is 25.9. The van der Waals surface area contributed by atoms with Gasteiger partial charge >= 0.3 is 12.0 Å². The average Bonchev–Trinajstić information content (AvgIpc) is 3.01. The third-order valence-electron chi connectivity index (χ3n) is 6.14.